The lowest BCUT2D eigenvalue weighted by Gasteiger charge is -2.26. The van der Waals surface area contributed by atoms with E-state index in [1.807, 2.05) is 16.7 Å². The van der Waals surface area contributed by atoms with Crippen molar-refractivity contribution in [3.8, 4) is 0 Å². The second kappa shape index (κ2) is 7.10. The van der Waals surface area contributed by atoms with Gasteiger partial charge in [0.15, 0.2) is 0 Å². The number of pyridine rings is 1. The molecule has 0 unspecified atom stereocenters. The molecule has 124 valence electrons. The lowest BCUT2D eigenvalue weighted by atomic mass is 10.1. The van der Waals surface area contributed by atoms with Crippen LogP contribution in [0.15, 0.2) is 24.5 Å². The van der Waals surface area contributed by atoms with Crippen LogP contribution < -0.4 is 5.32 Å². The van der Waals surface area contributed by atoms with Gasteiger partial charge in [-0.05, 0) is 17.5 Å². The van der Waals surface area contributed by atoms with Crippen LogP contribution in [0.25, 0.3) is 5.65 Å². The van der Waals surface area contributed by atoms with E-state index < -0.39 is 0 Å². The second-order valence-corrected chi connectivity index (χ2v) is 6.20. The highest BCUT2D eigenvalue weighted by Crippen LogP contribution is 2.16. The Morgan fingerprint density at radius 1 is 1.35 bits per heavy atom. The third-order valence-corrected chi connectivity index (χ3v) is 4.25. The van der Waals surface area contributed by atoms with Crippen molar-refractivity contribution in [1.29, 1.82) is 0 Å². The van der Waals surface area contributed by atoms with Crippen molar-refractivity contribution in [2.45, 2.75) is 19.8 Å². The predicted octanol–water partition coefficient (Wildman–Crippen LogP) is 1.52. The maximum atomic E-state index is 12.4. The number of rotatable bonds is 5. The molecule has 1 amide bonds. The average Bonchev–Trinajstić information content (AvgIpc) is 2.98. The zero-order chi connectivity index (χ0) is 16.2. The largest absolute Gasteiger partial charge is 0.379 e. The van der Waals surface area contributed by atoms with Crippen LogP contribution in [0.1, 0.15) is 35.8 Å². The molecule has 0 radical (unpaired) electrons. The SMILES string of the molecule is CC(C)c1ccc2ncc(C(=O)NCCN3CCOCC3)n2c1. The molecule has 1 fully saturated rings. The van der Waals surface area contributed by atoms with Crippen LogP contribution in [0.4, 0.5) is 0 Å². The number of imidazole rings is 1. The molecule has 1 saturated heterocycles. The molecule has 1 aliphatic heterocycles. The molecule has 2 aromatic rings. The van der Waals surface area contributed by atoms with E-state index in [4.69, 9.17) is 4.74 Å². The Morgan fingerprint density at radius 3 is 2.87 bits per heavy atom. The van der Waals surface area contributed by atoms with Crippen LogP contribution in [0.2, 0.25) is 0 Å². The summed E-state index contributed by atoms with van der Waals surface area (Å²) in [4.78, 5) is 19.0. The molecule has 6 nitrogen and oxygen atoms in total. The van der Waals surface area contributed by atoms with Crippen LogP contribution in [-0.2, 0) is 4.74 Å². The number of carbonyl (C=O) groups is 1. The van der Waals surface area contributed by atoms with Gasteiger partial charge < -0.3 is 10.1 Å². The molecule has 0 spiro atoms. The van der Waals surface area contributed by atoms with Gasteiger partial charge >= 0.3 is 0 Å². The molecule has 3 rings (SSSR count). The van der Waals surface area contributed by atoms with Crippen LogP contribution >= 0.6 is 0 Å². The molecule has 2 aromatic heterocycles. The molecule has 0 aliphatic carbocycles. The fourth-order valence-electron chi connectivity index (χ4n) is 2.75. The minimum atomic E-state index is -0.0772. The van der Waals surface area contributed by atoms with Crippen molar-refractivity contribution in [3.63, 3.8) is 0 Å². The molecule has 0 atom stereocenters. The molecule has 23 heavy (non-hydrogen) atoms. The molecule has 3 heterocycles. The van der Waals surface area contributed by atoms with Crippen LogP contribution in [0.3, 0.4) is 0 Å². The highest BCUT2D eigenvalue weighted by molar-refractivity contribution is 5.93. The third-order valence-electron chi connectivity index (χ3n) is 4.25. The fourth-order valence-corrected chi connectivity index (χ4v) is 2.75. The van der Waals surface area contributed by atoms with Gasteiger partial charge in [-0.15, -0.1) is 0 Å². The number of fused-ring (bicyclic) bond motifs is 1. The Balaban J connectivity index is 1.64. The summed E-state index contributed by atoms with van der Waals surface area (Å²) in [7, 11) is 0. The van der Waals surface area contributed by atoms with Crippen molar-refractivity contribution in [2.24, 2.45) is 0 Å². The van der Waals surface area contributed by atoms with Gasteiger partial charge in [-0.25, -0.2) is 4.98 Å². The maximum absolute atomic E-state index is 12.4. The first-order valence-electron chi connectivity index (χ1n) is 8.20. The molecule has 0 bridgehead atoms. The molecule has 6 heteroatoms. The second-order valence-electron chi connectivity index (χ2n) is 6.20. The van der Waals surface area contributed by atoms with Gasteiger partial charge in [0.1, 0.15) is 11.3 Å². The monoisotopic (exact) mass is 316 g/mol. The van der Waals surface area contributed by atoms with Crippen molar-refractivity contribution < 1.29 is 9.53 Å². The summed E-state index contributed by atoms with van der Waals surface area (Å²) >= 11 is 0. The summed E-state index contributed by atoms with van der Waals surface area (Å²) in [6.45, 7) is 9.18. The Morgan fingerprint density at radius 2 is 2.13 bits per heavy atom. The van der Waals surface area contributed by atoms with Crippen molar-refractivity contribution in [3.05, 3.63) is 35.8 Å². The third kappa shape index (κ3) is 3.71. The summed E-state index contributed by atoms with van der Waals surface area (Å²) in [6, 6.07) is 4.02. The number of hydrogen-bond donors (Lipinski definition) is 1. The van der Waals surface area contributed by atoms with Crippen LogP contribution in [0.5, 0.6) is 0 Å². The van der Waals surface area contributed by atoms with Crippen LogP contribution in [0, 0.1) is 0 Å². The Labute approximate surface area is 136 Å². The number of nitrogens with zero attached hydrogens (tertiary/aromatic N) is 3. The zero-order valence-corrected chi connectivity index (χ0v) is 13.8. The molecular weight excluding hydrogens is 292 g/mol. The number of aromatic nitrogens is 2. The number of morpholine rings is 1. The molecule has 1 N–H and O–H groups in total. The van der Waals surface area contributed by atoms with E-state index in [1.54, 1.807) is 6.20 Å². The van der Waals surface area contributed by atoms with Gasteiger partial charge in [0.2, 0.25) is 0 Å². The van der Waals surface area contributed by atoms with Gasteiger partial charge in [0.05, 0.1) is 19.4 Å². The fraction of sp³-hybridized carbons (Fsp3) is 0.529. The molecule has 1 aliphatic rings. The normalized spacial score (nSPS) is 16.1. The van der Waals surface area contributed by atoms with Gasteiger partial charge in [-0.2, -0.15) is 0 Å². The summed E-state index contributed by atoms with van der Waals surface area (Å²) in [5.74, 6) is 0.339. The quantitative estimate of drug-likeness (QED) is 0.908. The van der Waals surface area contributed by atoms with E-state index in [0.717, 1.165) is 38.5 Å². The molecule has 0 aromatic carbocycles. The molecule has 0 saturated carbocycles. The van der Waals surface area contributed by atoms with E-state index in [1.165, 1.54) is 5.56 Å². The van der Waals surface area contributed by atoms with E-state index >= 15 is 0 Å². The van der Waals surface area contributed by atoms with E-state index in [2.05, 4.69) is 35.1 Å². The standard InChI is InChI=1S/C17H24N4O2/c1-13(2)14-3-4-16-19-11-15(21(16)12-14)17(22)18-5-6-20-7-9-23-10-8-20/h3-4,11-13H,5-10H2,1-2H3,(H,18,22). The molecular formula is C17H24N4O2. The van der Waals surface area contributed by atoms with E-state index in [-0.39, 0.29) is 5.91 Å². The van der Waals surface area contributed by atoms with Crippen molar-refractivity contribution in [1.82, 2.24) is 19.6 Å². The topological polar surface area (TPSA) is 58.9 Å². The smallest absolute Gasteiger partial charge is 0.269 e. The first kappa shape index (κ1) is 16.0. The van der Waals surface area contributed by atoms with Crippen molar-refractivity contribution in [2.75, 3.05) is 39.4 Å². The number of carbonyl (C=O) groups excluding carboxylic acids is 1. The van der Waals surface area contributed by atoms with E-state index in [9.17, 15) is 4.79 Å². The van der Waals surface area contributed by atoms with Gasteiger partial charge in [-0.3, -0.25) is 14.1 Å². The highest BCUT2D eigenvalue weighted by atomic mass is 16.5. The van der Waals surface area contributed by atoms with Crippen LogP contribution in [-0.4, -0.2) is 59.6 Å². The van der Waals surface area contributed by atoms with Crippen molar-refractivity contribution >= 4 is 11.6 Å². The first-order chi connectivity index (χ1) is 11.1. The number of ether oxygens (including phenoxy) is 1. The Kier molecular flexibility index (Phi) is 4.93. The zero-order valence-electron chi connectivity index (χ0n) is 13.8. The lowest BCUT2D eigenvalue weighted by Crippen LogP contribution is -2.41. The number of hydrogen-bond acceptors (Lipinski definition) is 4. The number of amides is 1. The predicted molar refractivity (Wildman–Crippen MR) is 88.9 cm³/mol. The Hall–Kier alpha value is -1.92. The van der Waals surface area contributed by atoms with Gasteiger partial charge in [-0.1, -0.05) is 19.9 Å². The number of nitrogens with one attached hydrogen (secondary N) is 1. The van der Waals surface area contributed by atoms with E-state index in [0.29, 0.717) is 18.2 Å². The van der Waals surface area contributed by atoms with Gasteiger partial charge in [0.25, 0.3) is 5.91 Å². The minimum absolute atomic E-state index is 0.0772. The summed E-state index contributed by atoms with van der Waals surface area (Å²) < 4.78 is 7.20. The Bertz CT molecular complexity index is 674. The maximum Gasteiger partial charge on any atom is 0.269 e. The average molecular weight is 316 g/mol. The first-order valence-corrected chi connectivity index (χ1v) is 8.20. The highest BCUT2D eigenvalue weighted by Gasteiger charge is 2.14. The van der Waals surface area contributed by atoms with Gasteiger partial charge in [0, 0.05) is 32.4 Å². The summed E-state index contributed by atoms with van der Waals surface area (Å²) in [5.41, 5.74) is 2.58. The lowest BCUT2D eigenvalue weighted by molar-refractivity contribution is 0.0383. The minimum Gasteiger partial charge on any atom is -0.379 e. The summed E-state index contributed by atoms with van der Waals surface area (Å²) in [6.07, 6.45) is 3.65. The summed E-state index contributed by atoms with van der Waals surface area (Å²) in [5, 5.41) is 2.99.